The number of carboxylic acid groups (broad SMARTS) is 1. The van der Waals surface area contributed by atoms with E-state index in [2.05, 4.69) is 5.32 Å². The minimum atomic E-state index is -1.13. The molecule has 2 atom stereocenters. The van der Waals surface area contributed by atoms with Gasteiger partial charge in [0.05, 0.1) is 0 Å². The molecular formula is C22H27NO5S3. The SMILES string of the molecule is CC(C)(C)OC(=O)N[C@@H](CSSc1ccccc1C[S+]([O-])Cc1ccccc1)C(=O)O. The van der Waals surface area contributed by atoms with Crippen molar-refractivity contribution in [3.8, 4) is 0 Å². The van der Waals surface area contributed by atoms with Crippen molar-refractivity contribution in [3.63, 3.8) is 0 Å². The number of ether oxygens (including phenoxy) is 1. The summed E-state index contributed by atoms with van der Waals surface area (Å²) < 4.78 is 17.7. The maximum atomic E-state index is 12.6. The second kappa shape index (κ2) is 12.3. The van der Waals surface area contributed by atoms with Crippen LogP contribution in [0.1, 0.15) is 31.9 Å². The molecule has 0 aliphatic rings. The van der Waals surface area contributed by atoms with Crippen LogP contribution in [0.5, 0.6) is 0 Å². The molecule has 1 unspecified atom stereocenters. The summed E-state index contributed by atoms with van der Waals surface area (Å²) in [5.74, 6) is -0.0812. The highest BCUT2D eigenvalue weighted by atomic mass is 33.1. The van der Waals surface area contributed by atoms with E-state index in [1.165, 1.54) is 21.6 Å². The van der Waals surface area contributed by atoms with Crippen LogP contribution in [0.3, 0.4) is 0 Å². The molecule has 2 aromatic carbocycles. The first-order chi connectivity index (χ1) is 14.6. The predicted molar refractivity (Wildman–Crippen MR) is 128 cm³/mol. The van der Waals surface area contributed by atoms with E-state index in [1.54, 1.807) is 20.8 Å². The monoisotopic (exact) mass is 481 g/mol. The summed E-state index contributed by atoms with van der Waals surface area (Å²) in [6.07, 6.45) is -0.762. The molecule has 1 amide bonds. The Balaban J connectivity index is 1.91. The quantitative estimate of drug-likeness (QED) is 0.369. The summed E-state index contributed by atoms with van der Waals surface area (Å²) in [6.45, 7) is 5.14. The van der Waals surface area contributed by atoms with E-state index in [-0.39, 0.29) is 5.75 Å². The van der Waals surface area contributed by atoms with Gasteiger partial charge in [-0.2, -0.15) is 0 Å². The molecule has 0 bridgehead atoms. The molecule has 0 heterocycles. The number of nitrogens with one attached hydrogen (secondary N) is 1. The number of rotatable bonds is 10. The van der Waals surface area contributed by atoms with Crippen LogP contribution in [0.15, 0.2) is 59.5 Å². The minimum absolute atomic E-state index is 0.153. The number of amides is 1. The number of hydrogen-bond donors (Lipinski definition) is 2. The number of carbonyl (C=O) groups excluding carboxylic acids is 1. The standard InChI is InChI=1S/C22H27NO5S3/c1-22(2,3)28-21(26)23-18(20(24)25)13-29-30-19-12-8-7-11-17(19)15-31(27)14-16-9-5-4-6-10-16/h4-12,18H,13-15H2,1-3H3,(H,23,26)(H,24,25)/t18-,31?/m0/s1. The van der Waals surface area contributed by atoms with Gasteiger partial charge in [-0.1, -0.05) is 70.1 Å². The van der Waals surface area contributed by atoms with E-state index in [0.29, 0.717) is 11.5 Å². The molecule has 2 rings (SSSR count). The summed E-state index contributed by atoms with van der Waals surface area (Å²) in [5, 5.41) is 11.8. The topological polar surface area (TPSA) is 98.7 Å². The Morgan fingerprint density at radius 3 is 2.39 bits per heavy atom. The zero-order chi connectivity index (χ0) is 22.9. The maximum Gasteiger partial charge on any atom is 0.408 e. The molecule has 31 heavy (non-hydrogen) atoms. The molecule has 0 spiro atoms. The Bertz CT molecular complexity index is 858. The lowest BCUT2D eigenvalue weighted by Gasteiger charge is -2.21. The van der Waals surface area contributed by atoms with Gasteiger partial charge in [-0.25, -0.2) is 9.59 Å². The largest absolute Gasteiger partial charge is 0.616 e. The van der Waals surface area contributed by atoms with Crippen molar-refractivity contribution in [3.05, 3.63) is 65.7 Å². The van der Waals surface area contributed by atoms with Crippen LogP contribution < -0.4 is 5.32 Å². The van der Waals surface area contributed by atoms with E-state index in [9.17, 15) is 19.2 Å². The Kier molecular flexibility index (Phi) is 10.1. The first-order valence-corrected chi connectivity index (χ1v) is 13.4. The molecule has 0 aliphatic heterocycles. The first kappa shape index (κ1) is 25.5. The highest BCUT2D eigenvalue weighted by molar-refractivity contribution is 8.76. The van der Waals surface area contributed by atoms with Gasteiger partial charge in [0.25, 0.3) is 0 Å². The van der Waals surface area contributed by atoms with Gasteiger partial charge in [0, 0.05) is 21.8 Å². The van der Waals surface area contributed by atoms with E-state index < -0.39 is 34.9 Å². The predicted octanol–water partition coefficient (Wildman–Crippen LogP) is 4.85. The third kappa shape index (κ3) is 9.90. The molecule has 168 valence electrons. The van der Waals surface area contributed by atoms with Crippen LogP contribution in [-0.2, 0) is 32.2 Å². The summed E-state index contributed by atoms with van der Waals surface area (Å²) in [5.41, 5.74) is 1.27. The highest BCUT2D eigenvalue weighted by Crippen LogP contribution is 2.35. The van der Waals surface area contributed by atoms with Gasteiger partial charge in [0.15, 0.2) is 0 Å². The molecule has 0 saturated heterocycles. The molecule has 0 radical (unpaired) electrons. The molecule has 2 aromatic rings. The zero-order valence-electron chi connectivity index (χ0n) is 17.7. The van der Waals surface area contributed by atoms with Gasteiger partial charge in [-0.3, -0.25) is 0 Å². The normalized spacial score (nSPS) is 13.3. The van der Waals surface area contributed by atoms with E-state index >= 15 is 0 Å². The van der Waals surface area contributed by atoms with Crippen molar-refractivity contribution in [1.82, 2.24) is 5.32 Å². The number of alkyl carbamates (subject to hydrolysis) is 1. The fourth-order valence-electron chi connectivity index (χ4n) is 2.48. The smallest absolute Gasteiger partial charge is 0.408 e. The average molecular weight is 482 g/mol. The van der Waals surface area contributed by atoms with Gasteiger partial charge in [0.1, 0.15) is 23.1 Å². The number of aliphatic carboxylic acids is 1. The minimum Gasteiger partial charge on any atom is -0.616 e. The summed E-state index contributed by atoms with van der Waals surface area (Å²) >= 11 is -1.06. The maximum absolute atomic E-state index is 12.6. The molecular weight excluding hydrogens is 454 g/mol. The first-order valence-electron chi connectivity index (χ1n) is 9.62. The van der Waals surface area contributed by atoms with Crippen LogP contribution in [-0.4, -0.2) is 39.1 Å². The third-order valence-corrected chi connectivity index (χ3v) is 7.59. The van der Waals surface area contributed by atoms with Crippen LogP contribution in [0.4, 0.5) is 4.79 Å². The zero-order valence-corrected chi connectivity index (χ0v) is 20.1. The fraction of sp³-hybridized carbons (Fsp3) is 0.364. The molecule has 0 aliphatic carbocycles. The van der Waals surface area contributed by atoms with E-state index in [4.69, 9.17) is 4.74 Å². The Labute approximate surface area is 194 Å². The second-order valence-corrected chi connectivity index (χ2v) is 11.6. The van der Waals surface area contributed by atoms with Gasteiger partial charge < -0.3 is 19.7 Å². The fourth-order valence-corrected chi connectivity index (χ4v) is 6.25. The van der Waals surface area contributed by atoms with Gasteiger partial charge in [-0.15, -0.1) is 0 Å². The van der Waals surface area contributed by atoms with Crippen LogP contribution in [0.25, 0.3) is 0 Å². The molecule has 2 N–H and O–H groups in total. The summed E-state index contributed by atoms with van der Waals surface area (Å²) in [4.78, 5) is 24.3. The lowest BCUT2D eigenvalue weighted by Crippen LogP contribution is -2.44. The second-order valence-electron chi connectivity index (χ2n) is 7.73. The molecule has 9 heteroatoms. The van der Waals surface area contributed by atoms with Crippen LogP contribution in [0.2, 0.25) is 0 Å². The van der Waals surface area contributed by atoms with Gasteiger partial charge in [-0.05, 0) is 38.0 Å². The van der Waals surface area contributed by atoms with Gasteiger partial charge in [0.2, 0.25) is 0 Å². The van der Waals surface area contributed by atoms with Crippen molar-refractivity contribution >= 4 is 44.8 Å². The van der Waals surface area contributed by atoms with Crippen LogP contribution in [0, 0.1) is 0 Å². The molecule has 0 saturated carbocycles. The van der Waals surface area contributed by atoms with Crippen molar-refractivity contribution in [1.29, 1.82) is 0 Å². The summed E-state index contributed by atoms with van der Waals surface area (Å²) in [7, 11) is 2.72. The lowest BCUT2D eigenvalue weighted by molar-refractivity contribution is -0.138. The number of carboxylic acids is 1. The Hall–Kier alpha value is -1.81. The molecule has 0 fully saturated rings. The average Bonchev–Trinajstić information content (AvgIpc) is 2.67. The number of hydrogen-bond acceptors (Lipinski definition) is 6. The van der Waals surface area contributed by atoms with E-state index in [0.717, 1.165) is 16.0 Å². The lowest BCUT2D eigenvalue weighted by atomic mass is 10.2. The number of benzene rings is 2. The molecule has 0 aromatic heterocycles. The van der Waals surface area contributed by atoms with Crippen molar-refractivity contribution in [2.24, 2.45) is 0 Å². The van der Waals surface area contributed by atoms with Crippen molar-refractivity contribution in [2.75, 3.05) is 5.75 Å². The van der Waals surface area contributed by atoms with Crippen LogP contribution >= 0.6 is 21.6 Å². The van der Waals surface area contributed by atoms with E-state index in [1.807, 2.05) is 54.6 Å². The van der Waals surface area contributed by atoms with Crippen molar-refractivity contribution < 1.29 is 24.0 Å². The summed E-state index contributed by atoms with van der Waals surface area (Å²) in [6, 6.07) is 16.3. The number of carbonyl (C=O) groups is 2. The third-order valence-electron chi connectivity index (χ3n) is 3.83. The Morgan fingerprint density at radius 2 is 1.74 bits per heavy atom. The molecule has 6 nitrogen and oxygen atoms in total. The highest BCUT2D eigenvalue weighted by Gasteiger charge is 2.24. The van der Waals surface area contributed by atoms with Gasteiger partial charge >= 0.3 is 12.1 Å². The van der Waals surface area contributed by atoms with Crippen molar-refractivity contribution in [2.45, 2.75) is 48.8 Å². The Morgan fingerprint density at radius 1 is 1.10 bits per heavy atom.